The topological polar surface area (TPSA) is 92.5 Å². The van der Waals surface area contributed by atoms with E-state index < -0.39 is 23.3 Å². The van der Waals surface area contributed by atoms with Gasteiger partial charge in [-0.25, -0.2) is 14.2 Å². The van der Waals surface area contributed by atoms with E-state index in [9.17, 15) is 14.4 Å². The van der Waals surface area contributed by atoms with Crippen LogP contribution in [0, 0.1) is 6.92 Å². The molecule has 0 aliphatic carbocycles. The van der Waals surface area contributed by atoms with Crippen LogP contribution in [0.4, 0.5) is 0 Å². The third-order valence-corrected chi connectivity index (χ3v) is 5.92. The van der Waals surface area contributed by atoms with Crippen LogP contribution in [0.1, 0.15) is 44.0 Å². The van der Waals surface area contributed by atoms with Gasteiger partial charge in [-0.2, -0.15) is 4.98 Å². The van der Waals surface area contributed by atoms with Crippen molar-refractivity contribution >= 4 is 22.9 Å². The molecular formula is C23H27N5O4. The SMILES string of the molecule is CCCCc1ccc(-n2c(C)cn3c4c(=O)n([C@@H](C)C(=O)OC)c(=O)n(C)c4nc23)cc1. The van der Waals surface area contributed by atoms with Crippen molar-refractivity contribution in [1.82, 2.24) is 23.1 Å². The quantitative estimate of drug-likeness (QED) is 0.432. The molecule has 0 saturated heterocycles. The van der Waals surface area contributed by atoms with E-state index in [-0.39, 0.29) is 11.2 Å². The molecule has 32 heavy (non-hydrogen) atoms. The lowest BCUT2D eigenvalue weighted by atomic mass is 10.1. The molecule has 9 nitrogen and oxygen atoms in total. The van der Waals surface area contributed by atoms with Crippen molar-refractivity contribution in [2.45, 2.75) is 46.1 Å². The highest BCUT2D eigenvalue weighted by atomic mass is 16.5. The first-order valence-corrected chi connectivity index (χ1v) is 10.7. The predicted molar refractivity (Wildman–Crippen MR) is 122 cm³/mol. The van der Waals surface area contributed by atoms with Crippen LogP contribution in [0.15, 0.2) is 40.1 Å². The predicted octanol–water partition coefficient (Wildman–Crippen LogP) is 2.52. The molecule has 0 N–H and O–H groups in total. The zero-order valence-corrected chi connectivity index (χ0v) is 19.0. The summed E-state index contributed by atoms with van der Waals surface area (Å²) in [5.41, 5.74) is 2.37. The van der Waals surface area contributed by atoms with Crippen LogP contribution in [-0.4, -0.2) is 36.2 Å². The molecule has 3 aromatic heterocycles. The van der Waals surface area contributed by atoms with Crippen molar-refractivity contribution in [1.29, 1.82) is 0 Å². The Morgan fingerprint density at radius 3 is 2.50 bits per heavy atom. The third kappa shape index (κ3) is 3.24. The maximum atomic E-state index is 13.3. The monoisotopic (exact) mass is 437 g/mol. The molecule has 0 bridgehead atoms. The molecule has 1 atom stereocenters. The Kier molecular flexibility index (Phi) is 5.50. The Bertz CT molecular complexity index is 1440. The summed E-state index contributed by atoms with van der Waals surface area (Å²) in [6.07, 6.45) is 5.13. The summed E-state index contributed by atoms with van der Waals surface area (Å²) in [5.74, 6) is -0.143. The summed E-state index contributed by atoms with van der Waals surface area (Å²) in [4.78, 5) is 42.9. The minimum absolute atomic E-state index is 0.235. The summed E-state index contributed by atoms with van der Waals surface area (Å²) in [7, 11) is 2.76. The maximum Gasteiger partial charge on any atom is 0.333 e. The van der Waals surface area contributed by atoms with Gasteiger partial charge in [0.05, 0.1) is 7.11 Å². The van der Waals surface area contributed by atoms with Gasteiger partial charge >= 0.3 is 11.7 Å². The number of nitrogens with zero attached hydrogens (tertiary/aromatic N) is 5. The van der Waals surface area contributed by atoms with Gasteiger partial charge in [-0.3, -0.25) is 18.3 Å². The number of hydrogen-bond donors (Lipinski definition) is 0. The molecule has 168 valence electrons. The number of carbonyl (C=O) groups is 1. The molecule has 0 unspecified atom stereocenters. The molecule has 3 heterocycles. The molecule has 0 amide bonds. The van der Waals surface area contributed by atoms with E-state index in [2.05, 4.69) is 24.0 Å². The van der Waals surface area contributed by atoms with Crippen LogP contribution in [0.3, 0.4) is 0 Å². The lowest BCUT2D eigenvalue weighted by Crippen LogP contribution is -2.43. The number of ether oxygens (including phenoxy) is 1. The summed E-state index contributed by atoms with van der Waals surface area (Å²) in [6, 6.07) is 7.22. The van der Waals surface area contributed by atoms with Crippen molar-refractivity contribution in [2.75, 3.05) is 7.11 Å². The van der Waals surface area contributed by atoms with Crippen LogP contribution >= 0.6 is 0 Å². The van der Waals surface area contributed by atoms with Gasteiger partial charge in [-0.15, -0.1) is 0 Å². The van der Waals surface area contributed by atoms with Crippen molar-refractivity contribution in [3.05, 3.63) is 62.6 Å². The highest BCUT2D eigenvalue weighted by Gasteiger charge is 2.26. The number of imidazole rings is 2. The number of fused-ring (bicyclic) bond motifs is 3. The summed E-state index contributed by atoms with van der Waals surface area (Å²) in [5, 5.41) is 0. The number of unbranched alkanes of at least 4 members (excludes halogenated alkanes) is 1. The lowest BCUT2D eigenvalue weighted by molar-refractivity contribution is -0.144. The Balaban J connectivity index is 1.95. The van der Waals surface area contributed by atoms with Gasteiger partial charge in [0.1, 0.15) is 6.04 Å². The average molecular weight is 438 g/mol. The fourth-order valence-corrected chi connectivity index (χ4v) is 4.11. The lowest BCUT2D eigenvalue weighted by Gasteiger charge is -2.13. The molecule has 0 aliphatic rings. The summed E-state index contributed by atoms with van der Waals surface area (Å²) in [6.45, 7) is 5.57. The van der Waals surface area contributed by atoms with E-state index in [1.807, 2.05) is 29.8 Å². The van der Waals surface area contributed by atoms with Gasteiger partial charge in [0.25, 0.3) is 5.56 Å². The molecule has 0 saturated carbocycles. The first-order chi connectivity index (χ1) is 15.3. The largest absolute Gasteiger partial charge is 0.467 e. The van der Waals surface area contributed by atoms with E-state index in [1.165, 1.54) is 31.2 Å². The maximum absolute atomic E-state index is 13.3. The van der Waals surface area contributed by atoms with E-state index in [1.54, 1.807) is 4.40 Å². The van der Waals surface area contributed by atoms with Crippen LogP contribution in [0.2, 0.25) is 0 Å². The number of carbonyl (C=O) groups excluding carboxylic acids is 1. The minimum atomic E-state index is -1.06. The summed E-state index contributed by atoms with van der Waals surface area (Å²) < 4.78 is 10.6. The fourth-order valence-electron chi connectivity index (χ4n) is 4.11. The van der Waals surface area contributed by atoms with Gasteiger partial charge in [-0.1, -0.05) is 25.5 Å². The highest BCUT2D eigenvalue weighted by Crippen LogP contribution is 2.22. The molecule has 9 heteroatoms. The molecule has 4 rings (SSSR count). The number of aryl methyl sites for hydroxylation is 3. The number of hydrogen-bond acceptors (Lipinski definition) is 5. The first kappa shape index (κ1) is 21.6. The average Bonchev–Trinajstić information content (AvgIpc) is 3.30. The smallest absolute Gasteiger partial charge is 0.333 e. The van der Waals surface area contributed by atoms with E-state index in [4.69, 9.17) is 4.74 Å². The Morgan fingerprint density at radius 2 is 1.88 bits per heavy atom. The fraction of sp³-hybridized carbons (Fsp3) is 0.391. The van der Waals surface area contributed by atoms with Crippen LogP contribution in [0.5, 0.6) is 0 Å². The molecule has 1 aromatic carbocycles. The number of esters is 1. The molecule has 4 aromatic rings. The highest BCUT2D eigenvalue weighted by molar-refractivity contribution is 5.78. The van der Waals surface area contributed by atoms with Crippen LogP contribution < -0.4 is 11.2 Å². The Morgan fingerprint density at radius 1 is 1.19 bits per heavy atom. The number of aromatic nitrogens is 5. The van der Waals surface area contributed by atoms with Gasteiger partial charge in [-0.05, 0) is 44.4 Å². The molecule has 0 fully saturated rings. The number of methoxy groups -OCH3 is 1. The first-order valence-electron chi connectivity index (χ1n) is 10.7. The number of benzene rings is 1. The summed E-state index contributed by atoms with van der Waals surface area (Å²) >= 11 is 0. The van der Waals surface area contributed by atoms with Crippen LogP contribution in [-0.2, 0) is 23.0 Å². The Hall–Kier alpha value is -3.62. The molecule has 0 spiro atoms. The Labute approximate surface area is 184 Å². The van der Waals surface area contributed by atoms with Gasteiger partial charge in [0.15, 0.2) is 11.2 Å². The third-order valence-electron chi connectivity index (χ3n) is 5.92. The van der Waals surface area contributed by atoms with E-state index in [0.717, 1.165) is 35.2 Å². The van der Waals surface area contributed by atoms with Gasteiger partial charge in [0.2, 0.25) is 5.78 Å². The number of rotatable bonds is 6. The van der Waals surface area contributed by atoms with Crippen molar-refractivity contribution in [2.24, 2.45) is 7.05 Å². The van der Waals surface area contributed by atoms with E-state index in [0.29, 0.717) is 5.78 Å². The van der Waals surface area contributed by atoms with Crippen molar-refractivity contribution in [3.63, 3.8) is 0 Å². The van der Waals surface area contributed by atoms with Gasteiger partial charge < -0.3 is 4.74 Å². The standard InChI is InChI=1S/C23H27N5O4/c1-6-7-8-16-9-11-17(12-10-16)27-14(2)13-26-18-19(24-22(26)27)25(4)23(31)28(20(18)29)15(3)21(30)32-5/h9-13,15H,6-8H2,1-5H3/t15-/m0/s1. The second kappa shape index (κ2) is 8.14. The zero-order valence-electron chi connectivity index (χ0n) is 19.0. The zero-order chi connectivity index (χ0) is 23.2. The normalized spacial score (nSPS) is 12.5. The second-order valence-corrected chi connectivity index (χ2v) is 8.05. The van der Waals surface area contributed by atoms with Crippen molar-refractivity contribution < 1.29 is 9.53 Å². The van der Waals surface area contributed by atoms with Gasteiger partial charge in [0, 0.05) is 24.6 Å². The van der Waals surface area contributed by atoms with Crippen molar-refractivity contribution in [3.8, 4) is 5.69 Å². The van der Waals surface area contributed by atoms with Crippen LogP contribution in [0.25, 0.3) is 22.6 Å². The molecule has 0 radical (unpaired) electrons. The van der Waals surface area contributed by atoms with E-state index >= 15 is 0 Å². The minimum Gasteiger partial charge on any atom is -0.467 e. The second-order valence-electron chi connectivity index (χ2n) is 8.05. The molecular weight excluding hydrogens is 410 g/mol. The molecule has 0 aliphatic heterocycles.